The van der Waals surface area contributed by atoms with Crippen LogP contribution in [0.5, 0.6) is 0 Å². The fourth-order valence-corrected chi connectivity index (χ4v) is 4.87. The highest BCUT2D eigenvalue weighted by Crippen LogP contribution is 2.48. The first-order chi connectivity index (χ1) is 15.6. The zero-order chi connectivity index (χ0) is 23.9. The van der Waals surface area contributed by atoms with Crippen molar-refractivity contribution in [2.24, 2.45) is 16.3 Å². The number of non-ortho nitro benzene ring substituents is 1. The standard InChI is InChI=1S/C26H27N3O4/c1-15-7-5-6-8-19(15)28-25(31)22-16(2)27-20-13-26(3,4)14-21(30)24(20)23(22)17-9-11-18(12-10-17)29(32)33/h5-12,22-23H,13-14H2,1-4H3,(H,28,31)/t22?,23-/m0/s1. The van der Waals surface area contributed by atoms with E-state index in [0.29, 0.717) is 35.4 Å². The van der Waals surface area contributed by atoms with Crippen LogP contribution in [0.1, 0.15) is 50.7 Å². The fraction of sp³-hybridized carbons (Fsp3) is 0.346. The molecule has 0 fully saturated rings. The van der Waals surface area contributed by atoms with Crippen molar-refractivity contribution in [2.45, 2.75) is 46.5 Å². The fourth-order valence-electron chi connectivity index (χ4n) is 4.87. The second-order valence-electron chi connectivity index (χ2n) is 9.66. The Labute approximate surface area is 192 Å². The van der Waals surface area contributed by atoms with Gasteiger partial charge >= 0.3 is 0 Å². The van der Waals surface area contributed by atoms with Gasteiger partial charge in [0.2, 0.25) is 5.91 Å². The van der Waals surface area contributed by atoms with E-state index in [-0.39, 0.29) is 22.8 Å². The molecule has 2 aliphatic rings. The number of para-hydroxylation sites is 1. The maximum atomic E-state index is 13.6. The second-order valence-corrected chi connectivity index (χ2v) is 9.66. The molecule has 0 aromatic heterocycles. The number of carbonyl (C=O) groups excluding carboxylic acids is 2. The summed E-state index contributed by atoms with van der Waals surface area (Å²) in [7, 11) is 0. The summed E-state index contributed by atoms with van der Waals surface area (Å²) in [5.41, 5.74) is 3.98. The van der Waals surface area contributed by atoms with Gasteiger partial charge in [-0.25, -0.2) is 0 Å². The molecule has 1 aliphatic carbocycles. The van der Waals surface area contributed by atoms with E-state index in [9.17, 15) is 19.7 Å². The van der Waals surface area contributed by atoms with Gasteiger partial charge in [-0.05, 0) is 42.9 Å². The molecule has 0 bridgehead atoms. The lowest BCUT2D eigenvalue weighted by Gasteiger charge is -2.39. The van der Waals surface area contributed by atoms with Gasteiger partial charge in [-0.3, -0.25) is 24.7 Å². The third-order valence-electron chi connectivity index (χ3n) is 6.45. The third kappa shape index (κ3) is 4.35. The van der Waals surface area contributed by atoms with Crippen LogP contribution in [0.25, 0.3) is 0 Å². The van der Waals surface area contributed by atoms with Crippen molar-refractivity contribution in [3.05, 3.63) is 81.0 Å². The molecular weight excluding hydrogens is 418 g/mol. The first-order valence-corrected chi connectivity index (χ1v) is 11.0. The number of carbonyl (C=O) groups is 2. The van der Waals surface area contributed by atoms with E-state index in [2.05, 4.69) is 5.32 Å². The molecule has 4 rings (SSSR count). The van der Waals surface area contributed by atoms with Gasteiger partial charge in [0.15, 0.2) is 5.78 Å². The van der Waals surface area contributed by atoms with Crippen molar-refractivity contribution in [1.82, 2.24) is 0 Å². The van der Waals surface area contributed by atoms with Gasteiger partial charge in [-0.1, -0.05) is 44.2 Å². The Morgan fingerprint density at radius 2 is 1.76 bits per heavy atom. The molecule has 7 heteroatoms. The highest BCUT2D eigenvalue weighted by Gasteiger charge is 2.45. The average Bonchev–Trinajstić information content (AvgIpc) is 2.73. The summed E-state index contributed by atoms with van der Waals surface area (Å²) < 4.78 is 0. The number of nitro groups is 1. The number of aryl methyl sites for hydroxylation is 1. The summed E-state index contributed by atoms with van der Waals surface area (Å²) in [6.45, 7) is 7.81. The molecule has 0 spiro atoms. The molecule has 0 saturated heterocycles. The van der Waals surface area contributed by atoms with E-state index in [1.807, 2.05) is 52.0 Å². The molecule has 1 N–H and O–H groups in total. The van der Waals surface area contributed by atoms with E-state index in [4.69, 9.17) is 4.99 Å². The summed E-state index contributed by atoms with van der Waals surface area (Å²) in [5, 5.41) is 14.2. The summed E-state index contributed by atoms with van der Waals surface area (Å²) in [6.07, 6.45) is 1.01. The third-order valence-corrected chi connectivity index (χ3v) is 6.45. The van der Waals surface area contributed by atoms with Crippen LogP contribution >= 0.6 is 0 Å². The summed E-state index contributed by atoms with van der Waals surface area (Å²) >= 11 is 0. The van der Waals surface area contributed by atoms with Gasteiger partial charge in [0.1, 0.15) is 0 Å². The molecule has 33 heavy (non-hydrogen) atoms. The number of nitrogens with one attached hydrogen (secondary N) is 1. The number of aliphatic imine (C=N–C) groups is 1. The quantitative estimate of drug-likeness (QED) is 0.505. The number of hydrogen-bond donors (Lipinski definition) is 1. The zero-order valence-electron chi connectivity index (χ0n) is 19.2. The number of rotatable bonds is 4. The molecule has 1 amide bonds. The molecule has 2 aromatic rings. The monoisotopic (exact) mass is 445 g/mol. The minimum Gasteiger partial charge on any atom is -0.325 e. The molecule has 0 saturated carbocycles. The Hall–Kier alpha value is -3.61. The number of amides is 1. The number of Topliss-reactive ketones (excluding diaryl/α,β-unsaturated/α-hetero) is 1. The van der Waals surface area contributed by atoms with Crippen LogP contribution in [0, 0.1) is 28.4 Å². The normalized spacial score (nSPS) is 21.8. The van der Waals surface area contributed by atoms with Crippen LogP contribution in [-0.2, 0) is 9.59 Å². The summed E-state index contributed by atoms with van der Waals surface area (Å²) in [4.78, 5) is 42.3. The van der Waals surface area contributed by atoms with Crippen molar-refractivity contribution >= 4 is 28.8 Å². The van der Waals surface area contributed by atoms with Crippen LogP contribution in [-0.4, -0.2) is 22.3 Å². The predicted molar refractivity (Wildman–Crippen MR) is 127 cm³/mol. The van der Waals surface area contributed by atoms with E-state index < -0.39 is 16.8 Å². The smallest absolute Gasteiger partial charge is 0.269 e. The van der Waals surface area contributed by atoms with Gasteiger partial charge in [0.05, 0.1) is 10.8 Å². The van der Waals surface area contributed by atoms with Crippen molar-refractivity contribution in [3.63, 3.8) is 0 Å². The first kappa shape index (κ1) is 22.6. The lowest BCUT2D eigenvalue weighted by Crippen LogP contribution is -2.41. The number of anilines is 1. The van der Waals surface area contributed by atoms with Crippen molar-refractivity contribution in [2.75, 3.05) is 5.32 Å². The summed E-state index contributed by atoms with van der Waals surface area (Å²) in [5.74, 6) is -1.52. The number of nitrogens with zero attached hydrogens (tertiary/aromatic N) is 2. The van der Waals surface area contributed by atoms with Crippen molar-refractivity contribution in [1.29, 1.82) is 0 Å². The Kier molecular flexibility index (Phi) is 5.74. The lowest BCUT2D eigenvalue weighted by molar-refractivity contribution is -0.384. The molecule has 170 valence electrons. The molecule has 0 radical (unpaired) electrons. The maximum absolute atomic E-state index is 13.6. The maximum Gasteiger partial charge on any atom is 0.269 e. The SMILES string of the molecule is CC1=NC2=C(C(=O)CC(C)(C)C2)[C@@H](c2ccc([N+](=O)[O-])cc2)C1C(=O)Nc1ccccc1C. The van der Waals surface area contributed by atoms with Crippen LogP contribution < -0.4 is 5.32 Å². The lowest BCUT2D eigenvalue weighted by atomic mass is 9.66. The number of hydrogen-bond acceptors (Lipinski definition) is 5. The second kappa shape index (κ2) is 8.39. The van der Waals surface area contributed by atoms with E-state index in [1.165, 1.54) is 12.1 Å². The molecule has 2 atom stereocenters. The van der Waals surface area contributed by atoms with Gasteiger partial charge in [0.25, 0.3) is 5.69 Å². The van der Waals surface area contributed by atoms with Gasteiger partial charge in [-0.15, -0.1) is 0 Å². The number of nitro benzene ring substituents is 1. The summed E-state index contributed by atoms with van der Waals surface area (Å²) in [6, 6.07) is 13.6. The number of benzene rings is 2. The Balaban J connectivity index is 1.81. The zero-order valence-corrected chi connectivity index (χ0v) is 19.2. The molecular formula is C26H27N3O4. The molecule has 1 unspecified atom stereocenters. The minimum absolute atomic E-state index is 0.0189. The van der Waals surface area contributed by atoms with Gasteiger partial charge in [0, 0.05) is 47.1 Å². The Bertz CT molecular complexity index is 1210. The van der Waals surface area contributed by atoms with Crippen molar-refractivity contribution in [3.8, 4) is 0 Å². The Morgan fingerprint density at radius 1 is 1.09 bits per heavy atom. The molecule has 7 nitrogen and oxygen atoms in total. The average molecular weight is 446 g/mol. The molecule has 1 aliphatic heterocycles. The van der Waals surface area contributed by atoms with E-state index >= 15 is 0 Å². The Morgan fingerprint density at radius 3 is 2.39 bits per heavy atom. The van der Waals surface area contributed by atoms with Crippen LogP contribution in [0.2, 0.25) is 0 Å². The first-order valence-electron chi connectivity index (χ1n) is 11.0. The number of ketones is 1. The van der Waals surface area contributed by atoms with Crippen LogP contribution in [0.3, 0.4) is 0 Å². The highest BCUT2D eigenvalue weighted by atomic mass is 16.6. The van der Waals surface area contributed by atoms with Crippen LogP contribution in [0.4, 0.5) is 11.4 Å². The predicted octanol–water partition coefficient (Wildman–Crippen LogP) is 5.36. The number of allylic oxidation sites excluding steroid dienone is 2. The van der Waals surface area contributed by atoms with E-state index in [1.54, 1.807) is 12.1 Å². The highest BCUT2D eigenvalue weighted by molar-refractivity contribution is 6.13. The van der Waals surface area contributed by atoms with Gasteiger partial charge < -0.3 is 5.32 Å². The minimum atomic E-state index is -0.699. The topological polar surface area (TPSA) is 102 Å². The molecule has 1 heterocycles. The largest absolute Gasteiger partial charge is 0.325 e. The van der Waals surface area contributed by atoms with Crippen LogP contribution in [0.15, 0.2) is 64.8 Å². The molecule has 2 aromatic carbocycles. The van der Waals surface area contributed by atoms with Crippen molar-refractivity contribution < 1.29 is 14.5 Å². The van der Waals surface area contributed by atoms with Gasteiger partial charge in [-0.2, -0.15) is 0 Å². The van der Waals surface area contributed by atoms with E-state index in [0.717, 1.165) is 11.3 Å².